The third-order valence-corrected chi connectivity index (χ3v) is 3.13. The normalized spacial score (nSPS) is 12.9. The molecule has 0 aliphatic carbocycles. The Morgan fingerprint density at radius 3 is 2.20 bits per heavy atom. The van der Waals surface area contributed by atoms with E-state index in [0.29, 0.717) is 13.2 Å². The van der Waals surface area contributed by atoms with Gasteiger partial charge in [-0.2, -0.15) is 0 Å². The van der Waals surface area contributed by atoms with Crippen molar-refractivity contribution in [1.29, 1.82) is 0 Å². The van der Waals surface area contributed by atoms with E-state index in [2.05, 4.69) is 0 Å². The number of thioether (sulfide) groups is 1. The predicted octanol–water partition coefficient (Wildman–Crippen LogP) is 2.08. The molecule has 0 spiro atoms. The fourth-order valence-electron chi connectivity index (χ4n) is 0.816. The van der Waals surface area contributed by atoms with Crippen LogP contribution >= 0.6 is 11.8 Å². The Kier molecular flexibility index (Phi) is 5.85. The van der Waals surface area contributed by atoms with Crippen LogP contribution in [0.15, 0.2) is 0 Å². The molecule has 0 radical (unpaired) electrons. The molecular weight excluding hydrogens is 212 g/mol. The average molecular weight is 234 g/mol. The minimum Gasteiger partial charge on any atom is -0.394 e. The van der Waals surface area contributed by atoms with Crippen LogP contribution in [0.1, 0.15) is 34.6 Å². The van der Waals surface area contributed by atoms with E-state index in [1.54, 1.807) is 0 Å². The van der Waals surface area contributed by atoms with Crippen molar-refractivity contribution in [2.24, 2.45) is 5.41 Å². The van der Waals surface area contributed by atoms with Gasteiger partial charge in [-0.15, -0.1) is 0 Å². The SMILES string of the molecule is CC(C)(COCCO)SC(=O)C(C)(C)C. The van der Waals surface area contributed by atoms with Gasteiger partial charge in [0.2, 0.25) is 0 Å². The molecule has 1 N–H and O–H groups in total. The number of hydrogen-bond acceptors (Lipinski definition) is 4. The van der Waals surface area contributed by atoms with Gasteiger partial charge in [0.25, 0.3) is 0 Å². The highest BCUT2D eigenvalue weighted by Crippen LogP contribution is 2.32. The molecule has 0 atom stereocenters. The largest absolute Gasteiger partial charge is 0.394 e. The highest BCUT2D eigenvalue weighted by Gasteiger charge is 2.30. The second-order valence-corrected chi connectivity index (χ2v) is 6.86. The molecule has 0 heterocycles. The van der Waals surface area contributed by atoms with E-state index in [4.69, 9.17) is 9.84 Å². The summed E-state index contributed by atoms with van der Waals surface area (Å²) in [4.78, 5) is 11.8. The van der Waals surface area contributed by atoms with Crippen LogP contribution in [0, 0.1) is 5.41 Å². The van der Waals surface area contributed by atoms with Gasteiger partial charge in [0.15, 0.2) is 5.12 Å². The number of carbonyl (C=O) groups is 1. The summed E-state index contributed by atoms with van der Waals surface area (Å²) >= 11 is 1.31. The highest BCUT2D eigenvalue weighted by atomic mass is 32.2. The third-order valence-electron chi connectivity index (χ3n) is 1.67. The molecule has 0 unspecified atom stereocenters. The Labute approximate surface area is 96.6 Å². The zero-order valence-electron chi connectivity index (χ0n) is 10.3. The van der Waals surface area contributed by atoms with Crippen LogP contribution in [-0.4, -0.2) is 34.8 Å². The minimum atomic E-state index is -0.321. The number of aliphatic hydroxyl groups is 1. The highest BCUT2D eigenvalue weighted by molar-refractivity contribution is 8.14. The third kappa shape index (κ3) is 6.93. The van der Waals surface area contributed by atoms with Crippen molar-refractivity contribution in [1.82, 2.24) is 0 Å². The summed E-state index contributed by atoms with van der Waals surface area (Å²) in [5.41, 5.74) is -0.321. The first kappa shape index (κ1) is 14.9. The molecule has 0 aliphatic rings. The van der Waals surface area contributed by atoms with Crippen LogP contribution in [0.5, 0.6) is 0 Å². The maximum absolute atomic E-state index is 11.8. The lowest BCUT2D eigenvalue weighted by Gasteiger charge is -2.26. The molecule has 0 saturated carbocycles. The van der Waals surface area contributed by atoms with Crippen LogP contribution in [0.2, 0.25) is 0 Å². The van der Waals surface area contributed by atoms with Crippen LogP contribution in [0.25, 0.3) is 0 Å². The lowest BCUT2D eigenvalue weighted by molar-refractivity contribution is -0.117. The van der Waals surface area contributed by atoms with Crippen LogP contribution in [0.4, 0.5) is 0 Å². The Morgan fingerprint density at radius 1 is 1.27 bits per heavy atom. The molecule has 3 nitrogen and oxygen atoms in total. The number of hydrogen-bond donors (Lipinski definition) is 1. The van der Waals surface area contributed by atoms with E-state index < -0.39 is 0 Å². The van der Waals surface area contributed by atoms with Gasteiger partial charge >= 0.3 is 0 Å². The van der Waals surface area contributed by atoms with E-state index >= 15 is 0 Å². The molecule has 0 bridgehead atoms. The molecule has 0 aromatic heterocycles. The maximum Gasteiger partial charge on any atom is 0.194 e. The van der Waals surface area contributed by atoms with E-state index in [1.807, 2.05) is 34.6 Å². The number of aliphatic hydroxyl groups excluding tert-OH is 1. The van der Waals surface area contributed by atoms with Gasteiger partial charge in [-0.25, -0.2) is 0 Å². The van der Waals surface area contributed by atoms with Crippen molar-refractivity contribution < 1.29 is 14.6 Å². The Balaban J connectivity index is 4.08. The summed E-state index contributed by atoms with van der Waals surface area (Å²) in [6.07, 6.45) is 0. The molecule has 0 fully saturated rings. The fraction of sp³-hybridized carbons (Fsp3) is 0.909. The number of ether oxygens (including phenoxy) is 1. The van der Waals surface area contributed by atoms with Gasteiger partial charge in [0.1, 0.15) is 0 Å². The molecule has 4 heteroatoms. The molecule has 15 heavy (non-hydrogen) atoms. The molecule has 0 saturated heterocycles. The standard InChI is InChI=1S/C11H22O3S/c1-10(2,3)9(13)15-11(4,5)8-14-7-6-12/h12H,6-8H2,1-5H3. The minimum absolute atomic E-state index is 0.0218. The van der Waals surface area contributed by atoms with Crippen molar-refractivity contribution in [2.75, 3.05) is 19.8 Å². The van der Waals surface area contributed by atoms with Crippen LogP contribution in [0.3, 0.4) is 0 Å². The smallest absolute Gasteiger partial charge is 0.194 e. The molecule has 0 aliphatic heterocycles. The van der Waals surface area contributed by atoms with E-state index in [9.17, 15) is 4.79 Å². The van der Waals surface area contributed by atoms with Gasteiger partial charge < -0.3 is 9.84 Å². The average Bonchev–Trinajstić information content (AvgIpc) is 2.01. The molecular formula is C11H22O3S. The van der Waals surface area contributed by atoms with Crippen molar-refractivity contribution in [3.8, 4) is 0 Å². The van der Waals surface area contributed by atoms with Gasteiger partial charge in [0, 0.05) is 10.2 Å². The topological polar surface area (TPSA) is 46.5 Å². The quantitative estimate of drug-likeness (QED) is 0.740. The van der Waals surface area contributed by atoms with Crippen LogP contribution < -0.4 is 0 Å². The molecule has 0 aromatic carbocycles. The van der Waals surface area contributed by atoms with Crippen molar-refractivity contribution in [3.05, 3.63) is 0 Å². The summed E-state index contributed by atoms with van der Waals surface area (Å²) in [7, 11) is 0. The fourth-order valence-corrected chi connectivity index (χ4v) is 1.77. The molecule has 0 amide bonds. The summed E-state index contributed by atoms with van der Waals surface area (Å²) in [6.45, 7) is 10.5. The van der Waals surface area contributed by atoms with E-state index in [-0.39, 0.29) is 21.9 Å². The van der Waals surface area contributed by atoms with Crippen molar-refractivity contribution in [2.45, 2.75) is 39.4 Å². The lowest BCUT2D eigenvalue weighted by Crippen LogP contribution is -2.29. The monoisotopic (exact) mass is 234 g/mol. The summed E-state index contributed by atoms with van der Waals surface area (Å²) < 4.78 is 5.00. The van der Waals surface area contributed by atoms with Gasteiger partial charge in [-0.1, -0.05) is 32.5 Å². The molecule has 0 rings (SSSR count). The van der Waals surface area contributed by atoms with Gasteiger partial charge in [-0.3, -0.25) is 4.79 Å². The molecule has 0 aromatic rings. The lowest BCUT2D eigenvalue weighted by atomic mass is 9.99. The Bertz CT molecular complexity index is 206. The summed E-state index contributed by atoms with van der Waals surface area (Å²) in [5, 5.41) is 8.74. The molecule has 90 valence electrons. The number of carbonyl (C=O) groups excluding carboxylic acids is 1. The second-order valence-electron chi connectivity index (χ2n) is 5.18. The second kappa shape index (κ2) is 5.87. The zero-order chi connectivity index (χ0) is 12.1. The van der Waals surface area contributed by atoms with Gasteiger partial charge in [-0.05, 0) is 13.8 Å². The Morgan fingerprint density at radius 2 is 1.80 bits per heavy atom. The first-order valence-electron chi connectivity index (χ1n) is 5.11. The first-order chi connectivity index (χ1) is 6.69. The van der Waals surface area contributed by atoms with E-state index in [0.717, 1.165) is 0 Å². The van der Waals surface area contributed by atoms with Crippen molar-refractivity contribution in [3.63, 3.8) is 0 Å². The first-order valence-corrected chi connectivity index (χ1v) is 5.93. The Hall–Kier alpha value is -0.0600. The predicted molar refractivity (Wildman–Crippen MR) is 64.0 cm³/mol. The van der Waals surface area contributed by atoms with E-state index in [1.165, 1.54) is 11.8 Å². The van der Waals surface area contributed by atoms with Crippen molar-refractivity contribution >= 4 is 16.9 Å². The zero-order valence-corrected chi connectivity index (χ0v) is 11.1. The summed E-state index contributed by atoms with van der Waals surface area (Å²) in [5.74, 6) is 0. The van der Waals surface area contributed by atoms with Gasteiger partial charge in [0.05, 0.1) is 19.8 Å². The summed E-state index contributed by atoms with van der Waals surface area (Å²) in [6, 6.07) is 0. The number of rotatable bonds is 5. The van der Waals surface area contributed by atoms with Crippen LogP contribution in [-0.2, 0) is 9.53 Å². The maximum atomic E-state index is 11.8.